The lowest BCUT2D eigenvalue weighted by Crippen LogP contribution is -2.22. The van der Waals surface area contributed by atoms with Gasteiger partial charge in [0.1, 0.15) is 5.71 Å². The summed E-state index contributed by atoms with van der Waals surface area (Å²) in [4.78, 5) is 9.00. The quantitative estimate of drug-likeness (QED) is 0.291. The van der Waals surface area contributed by atoms with Gasteiger partial charge in [-0.05, 0) is 18.2 Å². The number of carboxylic acids is 1. The van der Waals surface area contributed by atoms with Gasteiger partial charge in [0.2, 0.25) is 5.96 Å². The first kappa shape index (κ1) is 19.0. The number of hydrogen-bond donors (Lipinski definition) is 4. The monoisotopic (exact) mass is 347 g/mol. The van der Waals surface area contributed by atoms with E-state index in [0.29, 0.717) is 22.0 Å². The van der Waals surface area contributed by atoms with Crippen molar-refractivity contribution >= 4 is 34.9 Å². The SMILES string of the molecule is CC(=O)O.NC(N)=N/N=C(\c1ccccc1)c1cc(Cl)ccc1N. The van der Waals surface area contributed by atoms with Crippen molar-refractivity contribution in [1.29, 1.82) is 0 Å². The van der Waals surface area contributed by atoms with E-state index in [2.05, 4.69) is 10.2 Å². The second-order valence-electron chi connectivity index (χ2n) is 4.59. The molecule has 2 aromatic rings. The Hall–Kier alpha value is -3.06. The summed E-state index contributed by atoms with van der Waals surface area (Å²) < 4.78 is 0. The van der Waals surface area contributed by atoms with Gasteiger partial charge in [0.05, 0.1) is 0 Å². The van der Waals surface area contributed by atoms with Crippen LogP contribution in [0.3, 0.4) is 0 Å². The highest BCUT2D eigenvalue weighted by Gasteiger charge is 2.11. The molecule has 0 saturated heterocycles. The Morgan fingerprint density at radius 3 is 2.21 bits per heavy atom. The predicted octanol–water partition coefficient (Wildman–Crippen LogP) is 2.04. The number of nitrogens with zero attached hydrogens (tertiary/aromatic N) is 2. The molecule has 8 heteroatoms. The maximum atomic E-state index is 9.00. The Morgan fingerprint density at radius 1 is 1.08 bits per heavy atom. The maximum absolute atomic E-state index is 9.00. The van der Waals surface area contributed by atoms with Crippen LogP contribution < -0.4 is 17.2 Å². The van der Waals surface area contributed by atoms with Crippen molar-refractivity contribution in [1.82, 2.24) is 0 Å². The van der Waals surface area contributed by atoms with Gasteiger partial charge >= 0.3 is 0 Å². The highest BCUT2D eigenvalue weighted by Crippen LogP contribution is 2.22. The lowest BCUT2D eigenvalue weighted by molar-refractivity contribution is -0.134. The molecule has 0 fully saturated rings. The van der Waals surface area contributed by atoms with E-state index in [1.165, 1.54) is 0 Å². The van der Waals surface area contributed by atoms with Crippen LogP contribution >= 0.6 is 11.6 Å². The summed E-state index contributed by atoms with van der Waals surface area (Å²) in [6.45, 7) is 1.08. The number of benzene rings is 2. The molecule has 0 unspecified atom stereocenters. The molecule has 7 nitrogen and oxygen atoms in total. The van der Waals surface area contributed by atoms with Gasteiger partial charge in [-0.15, -0.1) is 10.2 Å². The first-order valence-corrected chi connectivity index (χ1v) is 7.16. The van der Waals surface area contributed by atoms with E-state index < -0.39 is 5.97 Å². The Kier molecular flexibility index (Phi) is 7.25. The molecule has 0 amide bonds. The number of nitrogen functional groups attached to an aromatic ring is 1. The van der Waals surface area contributed by atoms with E-state index in [1.54, 1.807) is 18.2 Å². The molecule has 7 N–H and O–H groups in total. The topological polar surface area (TPSA) is 140 Å². The number of aliphatic carboxylic acids is 1. The summed E-state index contributed by atoms with van der Waals surface area (Å²) >= 11 is 6.02. The van der Waals surface area contributed by atoms with Gasteiger partial charge in [0.25, 0.3) is 5.97 Å². The Labute approximate surface area is 144 Å². The molecule has 24 heavy (non-hydrogen) atoms. The van der Waals surface area contributed by atoms with Crippen molar-refractivity contribution in [3.63, 3.8) is 0 Å². The molecule has 126 valence electrons. The molecule has 0 radical (unpaired) electrons. The Balaban J connectivity index is 0.000000648. The zero-order chi connectivity index (χ0) is 18.1. The average molecular weight is 348 g/mol. The third kappa shape index (κ3) is 6.37. The number of carbonyl (C=O) groups is 1. The number of rotatable bonds is 3. The number of nitrogens with two attached hydrogens (primary N) is 3. The lowest BCUT2D eigenvalue weighted by Gasteiger charge is -2.09. The molecule has 0 atom stereocenters. The minimum atomic E-state index is -0.833. The van der Waals surface area contributed by atoms with Crippen molar-refractivity contribution in [2.45, 2.75) is 6.92 Å². The van der Waals surface area contributed by atoms with Crippen LogP contribution in [0.15, 0.2) is 58.7 Å². The van der Waals surface area contributed by atoms with E-state index in [0.717, 1.165) is 12.5 Å². The minimum absolute atomic E-state index is 0.126. The minimum Gasteiger partial charge on any atom is -0.481 e. The summed E-state index contributed by atoms with van der Waals surface area (Å²) in [6.07, 6.45) is 0. The smallest absolute Gasteiger partial charge is 0.300 e. The highest BCUT2D eigenvalue weighted by atomic mass is 35.5. The van der Waals surface area contributed by atoms with Gasteiger partial charge in [0, 0.05) is 28.8 Å². The number of anilines is 1. The molecule has 0 saturated carbocycles. The van der Waals surface area contributed by atoms with Crippen LogP contribution in [0.2, 0.25) is 5.02 Å². The van der Waals surface area contributed by atoms with Gasteiger partial charge in [0.15, 0.2) is 0 Å². The van der Waals surface area contributed by atoms with E-state index in [4.69, 9.17) is 38.7 Å². The van der Waals surface area contributed by atoms with Gasteiger partial charge in [-0.1, -0.05) is 41.9 Å². The van der Waals surface area contributed by atoms with Crippen molar-refractivity contribution in [3.05, 3.63) is 64.7 Å². The van der Waals surface area contributed by atoms with Gasteiger partial charge < -0.3 is 22.3 Å². The zero-order valence-corrected chi connectivity index (χ0v) is 13.7. The summed E-state index contributed by atoms with van der Waals surface area (Å²) in [7, 11) is 0. The summed E-state index contributed by atoms with van der Waals surface area (Å²) in [6, 6.07) is 14.6. The fraction of sp³-hybridized carbons (Fsp3) is 0.0625. The van der Waals surface area contributed by atoms with E-state index in [9.17, 15) is 0 Å². The third-order valence-corrected chi connectivity index (χ3v) is 2.82. The molecule has 0 aromatic heterocycles. The molecular weight excluding hydrogens is 330 g/mol. The standard InChI is InChI=1S/C14H14ClN5.C2H4O2/c15-10-6-7-12(16)11(8-10)13(19-20-14(17)18)9-4-2-1-3-5-9;1-2(3)4/h1-8H,16H2,(H4,17,18,20);1H3,(H,3,4)/b19-13+;. The normalized spacial score (nSPS) is 10.3. The van der Waals surface area contributed by atoms with Crippen LogP contribution in [0, 0.1) is 0 Å². The van der Waals surface area contributed by atoms with Crippen molar-refractivity contribution in [2.75, 3.05) is 5.73 Å². The fourth-order valence-electron chi connectivity index (χ4n) is 1.70. The zero-order valence-electron chi connectivity index (χ0n) is 13.0. The van der Waals surface area contributed by atoms with E-state index in [1.807, 2.05) is 30.3 Å². The largest absolute Gasteiger partial charge is 0.481 e. The fourth-order valence-corrected chi connectivity index (χ4v) is 1.88. The molecule has 0 aliphatic rings. The predicted molar refractivity (Wildman–Crippen MR) is 97.1 cm³/mol. The van der Waals surface area contributed by atoms with Gasteiger partial charge in [-0.25, -0.2) is 0 Å². The third-order valence-electron chi connectivity index (χ3n) is 2.58. The number of halogens is 1. The second kappa shape index (κ2) is 9.16. The molecule has 0 bridgehead atoms. The Morgan fingerprint density at radius 2 is 1.67 bits per heavy atom. The lowest BCUT2D eigenvalue weighted by atomic mass is 10.0. The van der Waals surface area contributed by atoms with E-state index in [-0.39, 0.29) is 5.96 Å². The summed E-state index contributed by atoms with van der Waals surface area (Å²) in [5.41, 5.74) is 19.3. The summed E-state index contributed by atoms with van der Waals surface area (Å²) in [5, 5.41) is 15.8. The van der Waals surface area contributed by atoms with Crippen molar-refractivity contribution < 1.29 is 9.90 Å². The number of hydrogen-bond acceptors (Lipinski definition) is 4. The van der Waals surface area contributed by atoms with Crippen molar-refractivity contribution in [3.8, 4) is 0 Å². The van der Waals surface area contributed by atoms with Crippen LogP contribution in [0.4, 0.5) is 5.69 Å². The first-order valence-electron chi connectivity index (χ1n) is 6.78. The summed E-state index contributed by atoms with van der Waals surface area (Å²) in [5.74, 6) is -0.959. The van der Waals surface area contributed by atoms with Crippen LogP contribution in [0.5, 0.6) is 0 Å². The van der Waals surface area contributed by atoms with Crippen LogP contribution in [-0.4, -0.2) is 22.7 Å². The second-order valence-corrected chi connectivity index (χ2v) is 5.03. The van der Waals surface area contributed by atoms with Crippen molar-refractivity contribution in [2.24, 2.45) is 21.7 Å². The molecular formula is C16H18ClN5O2. The van der Waals surface area contributed by atoms with E-state index >= 15 is 0 Å². The van der Waals surface area contributed by atoms with Crippen LogP contribution in [-0.2, 0) is 4.79 Å². The van der Waals surface area contributed by atoms with Crippen LogP contribution in [0.25, 0.3) is 0 Å². The highest BCUT2D eigenvalue weighted by molar-refractivity contribution is 6.31. The molecule has 0 spiro atoms. The Bertz CT molecular complexity index is 752. The molecule has 0 aliphatic carbocycles. The molecule has 2 aromatic carbocycles. The first-order chi connectivity index (χ1) is 11.3. The number of carboxylic acid groups (broad SMARTS) is 1. The maximum Gasteiger partial charge on any atom is 0.300 e. The molecule has 2 rings (SSSR count). The average Bonchev–Trinajstić information content (AvgIpc) is 2.51. The van der Waals surface area contributed by atoms with Gasteiger partial charge in [-0.2, -0.15) is 0 Å². The number of guanidine groups is 1. The molecule has 0 heterocycles. The van der Waals surface area contributed by atoms with Crippen LogP contribution in [0.1, 0.15) is 18.1 Å². The van der Waals surface area contributed by atoms with Gasteiger partial charge in [-0.3, -0.25) is 4.79 Å². The molecule has 0 aliphatic heterocycles.